The number of ether oxygens (including phenoxy) is 3. The van der Waals surface area contributed by atoms with E-state index in [-0.39, 0.29) is 31.1 Å². The largest absolute Gasteiger partial charge is 0.462 e. The summed E-state index contributed by atoms with van der Waals surface area (Å²) in [5.74, 6) is -0.933. The van der Waals surface area contributed by atoms with Crippen LogP contribution in [-0.2, 0) is 28.6 Å². The molecule has 6 nitrogen and oxygen atoms in total. The van der Waals surface area contributed by atoms with Crippen LogP contribution in [0.1, 0.15) is 278 Å². The van der Waals surface area contributed by atoms with Crippen molar-refractivity contribution in [2.75, 3.05) is 13.2 Å². The lowest BCUT2D eigenvalue weighted by Crippen LogP contribution is -2.30. The van der Waals surface area contributed by atoms with Gasteiger partial charge < -0.3 is 14.2 Å². The van der Waals surface area contributed by atoms with Crippen LogP contribution in [0, 0.1) is 0 Å². The number of rotatable bonds is 57. The Balaban J connectivity index is 4.47. The molecule has 0 aliphatic carbocycles. The number of allylic oxidation sites excluding steroid dienone is 24. The zero-order valence-electron chi connectivity index (χ0n) is 51.1. The zero-order chi connectivity index (χ0) is 57.1. The molecule has 1 unspecified atom stereocenters. The van der Waals surface area contributed by atoms with Gasteiger partial charge >= 0.3 is 17.9 Å². The van der Waals surface area contributed by atoms with Crippen LogP contribution in [0.3, 0.4) is 0 Å². The minimum Gasteiger partial charge on any atom is -0.462 e. The highest BCUT2D eigenvalue weighted by Gasteiger charge is 2.19. The molecule has 0 N–H and O–H groups in total. The molecular formula is C73H118O6. The van der Waals surface area contributed by atoms with Gasteiger partial charge in [0.1, 0.15) is 13.2 Å². The second-order valence-electron chi connectivity index (χ2n) is 20.9. The Bertz CT molecular complexity index is 1730. The summed E-state index contributed by atoms with van der Waals surface area (Å²) in [7, 11) is 0. The van der Waals surface area contributed by atoms with E-state index in [0.717, 1.165) is 161 Å². The third-order valence-corrected chi connectivity index (χ3v) is 13.3. The maximum Gasteiger partial charge on any atom is 0.306 e. The van der Waals surface area contributed by atoms with Crippen LogP contribution in [0.5, 0.6) is 0 Å². The predicted molar refractivity (Wildman–Crippen MR) is 343 cm³/mol. The van der Waals surface area contributed by atoms with Crippen LogP contribution < -0.4 is 0 Å². The number of unbranched alkanes of at least 4 members (excludes halogenated alkanes) is 22. The summed E-state index contributed by atoms with van der Waals surface area (Å²) >= 11 is 0. The van der Waals surface area contributed by atoms with Crippen LogP contribution in [0.2, 0.25) is 0 Å². The summed E-state index contributed by atoms with van der Waals surface area (Å²) < 4.78 is 16.9. The fourth-order valence-corrected chi connectivity index (χ4v) is 8.53. The van der Waals surface area contributed by atoms with Crippen molar-refractivity contribution >= 4 is 17.9 Å². The first-order valence-electron chi connectivity index (χ1n) is 32.3. The van der Waals surface area contributed by atoms with Gasteiger partial charge in [-0.05, 0) is 141 Å². The van der Waals surface area contributed by atoms with E-state index in [1.165, 1.54) is 77.0 Å². The molecular weight excluding hydrogens is 973 g/mol. The van der Waals surface area contributed by atoms with E-state index in [0.29, 0.717) is 19.3 Å². The smallest absolute Gasteiger partial charge is 0.306 e. The number of carbonyl (C=O) groups is 3. The molecule has 0 bridgehead atoms. The number of hydrogen-bond acceptors (Lipinski definition) is 6. The molecule has 1 atom stereocenters. The van der Waals surface area contributed by atoms with Crippen molar-refractivity contribution in [1.29, 1.82) is 0 Å². The summed E-state index contributed by atoms with van der Waals surface area (Å²) in [6.07, 6.45) is 94.1. The van der Waals surface area contributed by atoms with Crippen LogP contribution in [0.15, 0.2) is 146 Å². The van der Waals surface area contributed by atoms with E-state index in [9.17, 15) is 14.4 Å². The van der Waals surface area contributed by atoms with Crippen LogP contribution >= 0.6 is 0 Å². The molecule has 0 saturated carbocycles. The third kappa shape index (κ3) is 64.0. The Labute approximate surface area is 487 Å². The van der Waals surface area contributed by atoms with Crippen LogP contribution in [0.25, 0.3) is 0 Å². The van der Waals surface area contributed by atoms with E-state index >= 15 is 0 Å². The third-order valence-electron chi connectivity index (χ3n) is 13.3. The highest BCUT2D eigenvalue weighted by molar-refractivity contribution is 5.71. The normalized spacial score (nSPS) is 13.1. The molecule has 0 aromatic rings. The van der Waals surface area contributed by atoms with Gasteiger partial charge in [-0.1, -0.05) is 263 Å². The van der Waals surface area contributed by atoms with Crippen molar-refractivity contribution in [3.05, 3.63) is 146 Å². The van der Waals surface area contributed by atoms with Gasteiger partial charge in [0.25, 0.3) is 0 Å². The molecule has 0 saturated heterocycles. The molecule has 0 aromatic carbocycles. The van der Waals surface area contributed by atoms with Crippen molar-refractivity contribution in [1.82, 2.24) is 0 Å². The van der Waals surface area contributed by atoms with E-state index in [2.05, 4.69) is 167 Å². The molecule has 6 heteroatoms. The summed E-state index contributed by atoms with van der Waals surface area (Å²) in [6, 6.07) is 0. The second-order valence-corrected chi connectivity index (χ2v) is 20.9. The molecule has 0 rings (SSSR count). The van der Waals surface area contributed by atoms with Crippen molar-refractivity contribution < 1.29 is 28.6 Å². The predicted octanol–water partition coefficient (Wildman–Crippen LogP) is 22.3. The monoisotopic (exact) mass is 1090 g/mol. The molecule has 0 heterocycles. The lowest BCUT2D eigenvalue weighted by molar-refractivity contribution is -0.167. The van der Waals surface area contributed by atoms with Gasteiger partial charge in [-0.25, -0.2) is 0 Å². The fourth-order valence-electron chi connectivity index (χ4n) is 8.53. The lowest BCUT2D eigenvalue weighted by atomic mass is 10.1. The summed E-state index contributed by atoms with van der Waals surface area (Å²) in [5.41, 5.74) is 0. The standard InChI is InChI=1S/C73H118O6/c1-4-7-10-13-16-19-22-25-28-31-33-34-35-36-37-38-40-42-45-48-51-54-57-60-63-66-72(75)78-69-70(68-77-71(74)65-62-59-56-53-50-47-44-41-30-27-24-21-18-15-12-9-6-3)79-73(76)67-64-61-58-55-52-49-46-43-39-32-29-26-23-20-17-14-11-8-5-2/h7-8,10-11,16-21,25-30,33-34,36-37,39-40,42-43,70H,4-6,9,12-15,22-24,31-32,35,38,41,44-69H2,1-3H3/b10-7-,11-8-,19-16-,20-17-,21-18-,28-25-,29-26-,30-27-,34-33-,37-36-,42-40-,43-39-. The van der Waals surface area contributed by atoms with Gasteiger partial charge in [0, 0.05) is 19.3 Å². The Morgan fingerprint density at radius 2 is 0.494 bits per heavy atom. The Kier molecular flexibility index (Phi) is 61.9. The summed E-state index contributed by atoms with van der Waals surface area (Å²) in [4.78, 5) is 38.4. The minimum atomic E-state index is -0.804. The molecule has 0 spiro atoms. The lowest BCUT2D eigenvalue weighted by Gasteiger charge is -2.18. The van der Waals surface area contributed by atoms with Crippen LogP contribution in [-0.4, -0.2) is 37.2 Å². The minimum absolute atomic E-state index is 0.0978. The van der Waals surface area contributed by atoms with E-state index in [4.69, 9.17) is 14.2 Å². The van der Waals surface area contributed by atoms with E-state index < -0.39 is 6.10 Å². The summed E-state index contributed by atoms with van der Waals surface area (Å²) in [6.45, 7) is 6.36. The van der Waals surface area contributed by atoms with E-state index in [1.54, 1.807) is 0 Å². The van der Waals surface area contributed by atoms with Crippen molar-refractivity contribution in [3.8, 4) is 0 Å². The SMILES string of the molecule is CC/C=C\C/C=C\C/C=C\C/C=C\C/C=C\C/C=C\CCCCCCCCC(=O)OCC(COC(=O)CCCCCCCCC/C=C\C/C=C\CCCCC)OC(=O)CCCCCCCC/C=C\C/C=C\C/C=C\C/C=C\CC. The molecule has 446 valence electrons. The first-order chi connectivity index (χ1) is 39.0. The molecule has 0 amide bonds. The maximum absolute atomic E-state index is 12.9. The van der Waals surface area contributed by atoms with E-state index in [1.807, 2.05) is 0 Å². The van der Waals surface area contributed by atoms with Gasteiger partial charge in [-0.3, -0.25) is 14.4 Å². The van der Waals surface area contributed by atoms with Gasteiger partial charge in [0.05, 0.1) is 0 Å². The second kappa shape index (κ2) is 65.8. The molecule has 0 fully saturated rings. The van der Waals surface area contributed by atoms with Crippen molar-refractivity contribution in [2.24, 2.45) is 0 Å². The van der Waals surface area contributed by atoms with Gasteiger partial charge in [0.2, 0.25) is 0 Å². The average Bonchev–Trinajstić information content (AvgIpc) is 3.45. The van der Waals surface area contributed by atoms with Crippen molar-refractivity contribution in [3.63, 3.8) is 0 Å². The first kappa shape index (κ1) is 74.3. The number of carbonyl (C=O) groups excluding carboxylic acids is 3. The number of hydrogen-bond donors (Lipinski definition) is 0. The fraction of sp³-hybridized carbons (Fsp3) is 0.630. The maximum atomic E-state index is 12.9. The van der Waals surface area contributed by atoms with Crippen molar-refractivity contribution in [2.45, 2.75) is 284 Å². The van der Waals surface area contributed by atoms with Gasteiger partial charge in [-0.2, -0.15) is 0 Å². The molecule has 0 aromatic heterocycles. The Morgan fingerprint density at radius 3 is 0.772 bits per heavy atom. The molecule has 0 aliphatic rings. The molecule has 79 heavy (non-hydrogen) atoms. The topological polar surface area (TPSA) is 78.9 Å². The van der Waals surface area contributed by atoms with Gasteiger partial charge in [-0.15, -0.1) is 0 Å². The highest BCUT2D eigenvalue weighted by atomic mass is 16.6. The molecule has 0 aliphatic heterocycles. The number of esters is 3. The Morgan fingerprint density at radius 1 is 0.266 bits per heavy atom. The summed E-state index contributed by atoms with van der Waals surface area (Å²) in [5, 5.41) is 0. The van der Waals surface area contributed by atoms with Crippen LogP contribution in [0.4, 0.5) is 0 Å². The van der Waals surface area contributed by atoms with Gasteiger partial charge in [0.15, 0.2) is 6.10 Å². The average molecular weight is 1090 g/mol. The quantitative estimate of drug-likeness (QED) is 0.0261. The first-order valence-corrected chi connectivity index (χ1v) is 32.3. The highest BCUT2D eigenvalue weighted by Crippen LogP contribution is 2.15. The Hall–Kier alpha value is -4.71. The molecule has 0 radical (unpaired) electrons. The zero-order valence-corrected chi connectivity index (χ0v) is 51.1.